The van der Waals surface area contributed by atoms with Gasteiger partial charge >= 0.3 is 0 Å². The molecule has 0 aliphatic carbocycles. The highest BCUT2D eigenvalue weighted by molar-refractivity contribution is 6.30. The molecule has 2 unspecified atom stereocenters. The number of amides is 2. The van der Waals surface area contributed by atoms with Crippen molar-refractivity contribution in [2.24, 2.45) is 0 Å². The summed E-state index contributed by atoms with van der Waals surface area (Å²) in [4.78, 5) is 25.1. The van der Waals surface area contributed by atoms with Crippen LogP contribution in [-0.4, -0.2) is 24.4 Å². The molecule has 2 aliphatic heterocycles. The van der Waals surface area contributed by atoms with E-state index in [4.69, 9.17) is 11.6 Å². The second kappa shape index (κ2) is 5.53. The number of fused-ring (bicyclic) bond motifs is 2. The summed E-state index contributed by atoms with van der Waals surface area (Å²) in [6, 6.07) is 14.1. The third kappa shape index (κ3) is 2.32. The van der Waals surface area contributed by atoms with Gasteiger partial charge in [-0.3, -0.25) is 9.59 Å². The molecule has 5 nitrogen and oxygen atoms in total. The minimum atomic E-state index is -0.668. The number of halogens is 1. The Bertz CT molecular complexity index is 821. The zero-order chi connectivity index (χ0) is 16.7. The van der Waals surface area contributed by atoms with Crippen LogP contribution in [0.15, 0.2) is 48.5 Å². The van der Waals surface area contributed by atoms with E-state index in [0.29, 0.717) is 23.7 Å². The van der Waals surface area contributed by atoms with Gasteiger partial charge in [0.15, 0.2) is 0 Å². The first-order chi connectivity index (χ1) is 11.6. The van der Waals surface area contributed by atoms with Crippen LogP contribution < -0.4 is 16.0 Å². The number of benzene rings is 2. The standard InChI is InChI=1S/C18H16ClN3O2/c19-11-5-7-12(8-6-11)21-16(23)15-9-18(17(24)22-15)10-20-14-4-2-1-3-13(14)18/h1-8,15,20H,9-10H2,(H,21,23)(H,22,24). The number of hydrogen-bond acceptors (Lipinski definition) is 3. The molecule has 4 rings (SSSR count). The monoisotopic (exact) mass is 341 g/mol. The van der Waals surface area contributed by atoms with Gasteiger partial charge in [-0.15, -0.1) is 0 Å². The lowest BCUT2D eigenvalue weighted by molar-refractivity contribution is -0.125. The maximum atomic E-state index is 12.6. The molecule has 3 N–H and O–H groups in total. The molecule has 24 heavy (non-hydrogen) atoms. The van der Waals surface area contributed by atoms with Gasteiger partial charge in [-0.2, -0.15) is 0 Å². The number of rotatable bonds is 2. The van der Waals surface area contributed by atoms with E-state index < -0.39 is 11.5 Å². The Kier molecular flexibility index (Phi) is 3.46. The predicted molar refractivity (Wildman–Crippen MR) is 93.2 cm³/mol. The van der Waals surface area contributed by atoms with Crippen LogP contribution in [-0.2, 0) is 15.0 Å². The fraction of sp³-hybridized carbons (Fsp3) is 0.222. The first-order valence-electron chi connectivity index (χ1n) is 7.79. The normalized spacial score (nSPS) is 24.4. The zero-order valence-corrected chi connectivity index (χ0v) is 13.6. The van der Waals surface area contributed by atoms with E-state index in [0.717, 1.165) is 11.3 Å². The van der Waals surface area contributed by atoms with Gasteiger partial charge in [0.05, 0.1) is 5.41 Å². The van der Waals surface area contributed by atoms with Crippen molar-refractivity contribution < 1.29 is 9.59 Å². The minimum absolute atomic E-state index is 0.101. The number of para-hydroxylation sites is 1. The van der Waals surface area contributed by atoms with Gasteiger partial charge in [-0.05, 0) is 42.3 Å². The predicted octanol–water partition coefficient (Wildman–Crippen LogP) is 2.53. The van der Waals surface area contributed by atoms with Gasteiger partial charge in [0.2, 0.25) is 11.8 Å². The fourth-order valence-electron chi connectivity index (χ4n) is 3.49. The van der Waals surface area contributed by atoms with Crippen molar-refractivity contribution in [2.45, 2.75) is 17.9 Å². The van der Waals surface area contributed by atoms with Crippen LogP contribution in [0.25, 0.3) is 0 Å². The first kappa shape index (κ1) is 15.0. The SMILES string of the molecule is O=C(Nc1ccc(Cl)cc1)C1CC2(CNc3ccccc32)C(=O)N1. The van der Waals surface area contributed by atoms with Gasteiger partial charge in [-0.25, -0.2) is 0 Å². The summed E-state index contributed by atoms with van der Waals surface area (Å²) >= 11 is 5.85. The topological polar surface area (TPSA) is 70.2 Å². The van der Waals surface area contributed by atoms with Gasteiger partial charge in [0.1, 0.15) is 6.04 Å². The Morgan fingerprint density at radius 1 is 1.17 bits per heavy atom. The average Bonchev–Trinajstić information content (AvgIpc) is 3.13. The molecule has 0 aromatic heterocycles. The molecule has 1 saturated heterocycles. The van der Waals surface area contributed by atoms with Crippen LogP contribution in [0, 0.1) is 0 Å². The summed E-state index contributed by atoms with van der Waals surface area (Å²) in [5, 5.41) is 9.55. The number of hydrogen-bond donors (Lipinski definition) is 3. The van der Waals surface area contributed by atoms with E-state index in [1.807, 2.05) is 24.3 Å². The van der Waals surface area contributed by atoms with Crippen molar-refractivity contribution in [1.29, 1.82) is 0 Å². The lowest BCUT2D eigenvalue weighted by atomic mass is 9.79. The lowest BCUT2D eigenvalue weighted by Crippen LogP contribution is -2.39. The maximum absolute atomic E-state index is 12.6. The fourth-order valence-corrected chi connectivity index (χ4v) is 3.62. The van der Waals surface area contributed by atoms with Crippen molar-refractivity contribution in [3.05, 3.63) is 59.1 Å². The molecular formula is C18H16ClN3O2. The van der Waals surface area contributed by atoms with Crippen LogP contribution >= 0.6 is 11.6 Å². The lowest BCUT2D eigenvalue weighted by Gasteiger charge is -2.19. The molecule has 2 atom stereocenters. The van der Waals surface area contributed by atoms with E-state index in [1.54, 1.807) is 24.3 Å². The van der Waals surface area contributed by atoms with Crippen LogP contribution in [0.2, 0.25) is 5.02 Å². The molecule has 2 amide bonds. The molecule has 122 valence electrons. The highest BCUT2D eigenvalue weighted by Gasteiger charge is 2.53. The van der Waals surface area contributed by atoms with Crippen molar-refractivity contribution in [1.82, 2.24) is 5.32 Å². The first-order valence-corrected chi connectivity index (χ1v) is 8.17. The van der Waals surface area contributed by atoms with Crippen LogP contribution in [0.4, 0.5) is 11.4 Å². The van der Waals surface area contributed by atoms with E-state index in [9.17, 15) is 9.59 Å². The smallest absolute Gasteiger partial charge is 0.246 e. The quantitative estimate of drug-likeness (QED) is 0.786. The van der Waals surface area contributed by atoms with E-state index in [2.05, 4.69) is 16.0 Å². The highest BCUT2D eigenvalue weighted by Crippen LogP contribution is 2.43. The van der Waals surface area contributed by atoms with Crippen molar-refractivity contribution in [3.63, 3.8) is 0 Å². The van der Waals surface area contributed by atoms with Crippen molar-refractivity contribution in [3.8, 4) is 0 Å². The van der Waals surface area contributed by atoms with Gasteiger partial charge in [-0.1, -0.05) is 29.8 Å². The van der Waals surface area contributed by atoms with E-state index >= 15 is 0 Å². The molecule has 2 aromatic carbocycles. The molecular weight excluding hydrogens is 326 g/mol. The molecule has 0 bridgehead atoms. The molecule has 2 aromatic rings. The van der Waals surface area contributed by atoms with E-state index in [-0.39, 0.29) is 11.8 Å². The summed E-state index contributed by atoms with van der Waals surface area (Å²) in [6.45, 7) is 0.517. The van der Waals surface area contributed by atoms with Gasteiger partial charge in [0.25, 0.3) is 0 Å². The zero-order valence-electron chi connectivity index (χ0n) is 12.8. The summed E-state index contributed by atoms with van der Waals surface area (Å²) in [5.41, 5.74) is 1.92. The Morgan fingerprint density at radius 2 is 1.92 bits per heavy atom. The van der Waals surface area contributed by atoms with Crippen LogP contribution in [0.3, 0.4) is 0 Å². The second-order valence-corrected chi connectivity index (χ2v) is 6.64. The van der Waals surface area contributed by atoms with Crippen LogP contribution in [0.1, 0.15) is 12.0 Å². The van der Waals surface area contributed by atoms with Crippen molar-refractivity contribution in [2.75, 3.05) is 17.2 Å². The van der Waals surface area contributed by atoms with Gasteiger partial charge < -0.3 is 16.0 Å². The summed E-state index contributed by atoms with van der Waals surface area (Å²) in [6.07, 6.45) is 0.440. The maximum Gasteiger partial charge on any atom is 0.246 e. The third-order valence-electron chi connectivity index (χ3n) is 4.74. The number of anilines is 2. The molecule has 0 saturated carbocycles. The number of carbonyl (C=O) groups excluding carboxylic acids is 2. The third-order valence-corrected chi connectivity index (χ3v) is 5.00. The Hall–Kier alpha value is -2.53. The summed E-state index contributed by atoms with van der Waals surface area (Å²) in [5.74, 6) is -0.317. The highest BCUT2D eigenvalue weighted by atomic mass is 35.5. The van der Waals surface area contributed by atoms with E-state index in [1.165, 1.54) is 0 Å². The van der Waals surface area contributed by atoms with Crippen molar-refractivity contribution >= 4 is 34.8 Å². The molecule has 0 radical (unpaired) electrons. The molecule has 1 spiro atoms. The Morgan fingerprint density at radius 3 is 2.71 bits per heavy atom. The second-order valence-electron chi connectivity index (χ2n) is 6.21. The molecule has 1 fully saturated rings. The molecule has 2 aliphatic rings. The number of nitrogens with one attached hydrogen (secondary N) is 3. The Balaban J connectivity index is 1.54. The van der Waals surface area contributed by atoms with Crippen LogP contribution in [0.5, 0.6) is 0 Å². The average molecular weight is 342 g/mol. The number of carbonyl (C=O) groups is 2. The summed E-state index contributed by atoms with van der Waals surface area (Å²) in [7, 11) is 0. The summed E-state index contributed by atoms with van der Waals surface area (Å²) < 4.78 is 0. The Labute approximate surface area is 144 Å². The molecule has 2 heterocycles. The minimum Gasteiger partial charge on any atom is -0.383 e. The largest absolute Gasteiger partial charge is 0.383 e. The van der Waals surface area contributed by atoms with Gasteiger partial charge in [0, 0.05) is 22.9 Å². The molecule has 6 heteroatoms.